The Bertz CT molecular complexity index is 696. The Morgan fingerprint density at radius 1 is 1.09 bits per heavy atom. The molecule has 0 spiro atoms. The van der Waals surface area contributed by atoms with E-state index in [1.54, 1.807) is 32.3 Å². The maximum atomic E-state index is 12.5. The van der Waals surface area contributed by atoms with Crippen LogP contribution in [-0.2, 0) is 16.1 Å². The minimum atomic E-state index is -1.18. The quantitative estimate of drug-likeness (QED) is 0.834. The van der Waals surface area contributed by atoms with Crippen molar-refractivity contribution >= 4 is 17.5 Å². The number of hydrogen-bond acceptors (Lipinski definition) is 3. The van der Waals surface area contributed by atoms with Crippen molar-refractivity contribution < 1.29 is 9.59 Å². The lowest BCUT2D eigenvalue weighted by Crippen LogP contribution is -2.45. The van der Waals surface area contributed by atoms with Crippen LogP contribution in [0, 0.1) is 12.3 Å². The van der Waals surface area contributed by atoms with Crippen LogP contribution in [0.1, 0.15) is 25.0 Å². The molecular weight excluding hydrogens is 290 g/mol. The average molecular weight is 311 g/mol. The summed E-state index contributed by atoms with van der Waals surface area (Å²) in [7, 11) is 0. The van der Waals surface area contributed by atoms with Gasteiger partial charge in [0.25, 0.3) is 0 Å². The number of carbonyl (C=O) groups is 2. The third-order valence-corrected chi connectivity index (χ3v) is 3.70. The van der Waals surface area contributed by atoms with E-state index < -0.39 is 5.41 Å². The van der Waals surface area contributed by atoms with Crippen molar-refractivity contribution in [3.63, 3.8) is 0 Å². The van der Waals surface area contributed by atoms with E-state index in [0.29, 0.717) is 12.2 Å². The number of anilines is 1. The second-order valence-corrected chi connectivity index (χ2v) is 5.94. The molecule has 0 radical (unpaired) electrons. The second kappa shape index (κ2) is 7.05. The molecule has 0 aliphatic heterocycles. The molecule has 2 N–H and O–H groups in total. The number of amides is 2. The maximum absolute atomic E-state index is 12.5. The molecule has 2 aromatic rings. The van der Waals surface area contributed by atoms with Crippen LogP contribution in [0.15, 0.2) is 48.8 Å². The van der Waals surface area contributed by atoms with Gasteiger partial charge in [0.1, 0.15) is 5.41 Å². The molecule has 0 unspecified atom stereocenters. The molecule has 0 saturated heterocycles. The summed E-state index contributed by atoms with van der Waals surface area (Å²) >= 11 is 0. The Hall–Kier alpha value is -2.69. The molecule has 120 valence electrons. The fourth-order valence-corrected chi connectivity index (χ4v) is 2.00. The molecule has 2 amide bonds. The molecule has 2 rings (SSSR count). The highest BCUT2D eigenvalue weighted by Gasteiger charge is 2.36. The minimum Gasteiger partial charge on any atom is -0.351 e. The molecule has 5 nitrogen and oxygen atoms in total. The Labute approximate surface area is 136 Å². The van der Waals surface area contributed by atoms with Gasteiger partial charge >= 0.3 is 0 Å². The fourth-order valence-electron chi connectivity index (χ4n) is 2.00. The van der Waals surface area contributed by atoms with E-state index in [0.717, 1.165) is 11.1 Å². The van der Waals surface area contributed by atoms with Gasteiger partial charge in [-0.05, 0) is 44.0 Å². The van der Waals surface area contributed by atoms with E-state index in [1.807, 2.05) is 37.3 Å². The van der Waals surface area contributed by atoms with Gasteiger partial charge in [0, 0.05) is 24.6 Å². The Morgan fingerprint density at radius 2 is 1.83 bits per heavy atom. The summed E-state index contributed by atoms with van der Waals surface area (Å²) in [6.07, 6.45) is 3.35. The van der Waals surface area contributed by atoms with Crippen LogP contribution in [0.2, 0.25) is 0 Å². The van der Waals surface area contributed by atoms with Crippen molar-refractivity contribution in [2.45, 2.75) is 27.3 Å². The first kappa shape index (κ1) is 16.7. The van der Waals surface area contributed by atoms with Crippen molar-refractivity contribution in [3.05, 3.63) is 59.9 Å². The van der Waals surface area contributed by atoms with E-state index in [2.05, 4.69) is 15.6 Å². The number of aryl methyl sites for hydroxylation is 1. The normalized spacial score (nSPS) is 10.9. The first-order valence-electron chi connectivity index (χ1n) is 7.45. The molecule has 0 fully saturated rings. The number of rotatable bonds is 5. The predicted molar refractivity (Wildman–Crippen MR) is 89.7 cm³/mol. The van der Waals surface area contributed by atoms with E-state index in [1.165, 1.54) is 0 Å². The Balaban J connectivity index is 2.00. The van der Waals surface area contributed by atoms with Gasteiger partial charge in [-0.1, -0.05) is 24.3 Å². The second-order valence-electron chi connectivity index (χ2n) is 5.94. The summed E-state index contributed by atoms with van der Waals surface area (Å²) in [6.45, 7) is 5.47. The molecule has 5 heteroatoms. The molecule has 0 atom stereocenters. The van der Waals surface area contributed by atoms with Crippen LogP contribution < -0.4 is 10.6 Å². The zero-order valence-electron chi connectivity index (χ0n) is 13.6. The van der Waals surface area contributed by atoms with Crippen LogP contribution in [0.5, 0.6) is 0 Å². The fraction of sp³-hybridized carbons (Fsp3) is 0.278. The summed E-state index contributed by atoms with van der Waals surface area (Å²) in [4.78, 5) is 28.8. The van der Waals surface area contributed by atoms with E-state index in [-0.39, 0.29) is 11.8 Å². The zero-order chi connectivity index (χ0) is 16.9. The molecule has 0 aliphatic carbocycles. The molecule has 0 bridgehead atoms. The van der Waals surface area contributed by atoms with E-state index in [4.69, 9.17) is 0 Å². The number of para-hydroxylation sites is 1. The summed E-state index contributed by atoms with van der Waals surface area (Å²) in [5.41, 5.74) is 1.37. The van der Waals surface area contributed by atoms with Crippen molar-refractivity contribution in [2.75, 3.05) is 5.32 Å². The lowest BCUT2D eigenvalue weighted by atomic mass is 9.90. The Kier molecular flexibility index (Phi) is 5.11. The molecular formula is C18H21N3O2. The van der Waals surface area contributed by atoms with E-state index in [9.17, 15) is 9.59 Å². The van der Waals surface area contributed by atoms with Crippen molar-refractivity contribution in [2.24, 2.45) is 5.41 Å². The van der Waals surface area contributed by atoms with E-state index >= 15 is 0 Å². The third-order valence-electron chi connectivity index (χ3n) is 3.70. The van der Waals surface area contributed by atoms with Gasteiger partial charge < -0.3 is 10.6 Å². The standard InChI is InChI=1S/C18H21N3O2/c1-13-7-4-5-9-15(13)21-17(23)18(2,3)16(22)20-12-14-8-6-10-19-11-14/h4-11H,12H2,1-3H3,(H,20,22)(H,21,23). The number of pyridine rings is 1. The highest BCUT2D eigenvalue weighted by Crippen LogP contribution is 2.21. The van der Waals surface area contributed by atoms with Crippen LogP contribution in [-0.4, -0.2) is 16.8 Å². The van der Waals surface area contributed by atoms with Gasteiger partial charge in [-0.25, -0.2) is 0 Å². The molecule has 0 saturated carbocycles. The largest absolute Gasteiger partial charge is 0.351 e. The molecule has 0 aliphatic rings. The molecule has 1 aromatic heterocycles. The number of aromatic nitrogens is 1. The number of carbonyl (C=O) groups excluding carboxylic acids is 2. The van der Waals surface area contributed by atoms with Gasteiger partial charge in [0.15, 0.2) is 0 Å². The monoisotopic (exact) mass is 311 g/mol. The number of nitrogens with one attached hydrogen (secondary N) is 2. The molecule has 1 aromatic carbocycles. The van der Waals surface area contributed by atoms with Crippen LogP contribution >= 0.6 is 0 Å². The number of benzene rings is 1. The topological polar surface area (TPSA) is 71.1 Å². The van der Waals surface area contributed by atoms with Crippen LogP contribution in [0.3, 0.4) is 0 Å². The highest BCUT2D eigenvalue weighted by atomic mass is 16.2. The number of nitrogens with zero attached hydrogens (tertiary/aromatic N) is 1. The average Bonchev–Trinajstić information content (AvgIpc) is 2.55. The minimum absolute atomic E-state index is 0.326. The van der Waals surface area contributed by atoms with Crippen LogP contribution in [0.4, 0.5) is 5.69 Å². The highest BCUT2D eigenvalue weighted by molar-refractivity contribution is 6.10. The predicted octanol–water partition coefficient (Wildman–Crippen LogP) is 2.67. The summed E-state index contributed by atoms with van der Waals surface area (Å²) < 4.78 is 0. The van der Waals surface area contributed by atoms with Crippen molar-refractivity contribution in [1.82, 2.24) is 10.3 Å². The third kappa shape index (κ3) is 4.16. The van der Waals surface area contributed by atoms with Gasteiger partial charge in [-0.3, -0.25) is 14.6 Å². The lowest BCUT2D eigenvalue weighted by Gasteiger charge is -2.23. The molecule has 23 heavy (non-hydrogen) atoms. The maximum Gasteiger partial charge on any atom is 0.239 e. The van der Waals surface area contributed by atoms with Crippen molar-refractivity contribution in [3.8, 4) is 0 Å². The smallest absolute Gasteiger partial charge is 0.239 e. The molecule has 1 heterocycles. The summed E-state index contributed by atoms with van der Waals surface area (Å²) in [6, 6.07) is 11.1. The van der Waals surface area contributed by atoms with Crippen LogP contribution in [0.25, 0.3) is 0 Å². The zero-order valence-corrected chi connectivity index (χ0v) is 13.6. The summed E-state index contributed by atoms with van der Waals surface area (Å²) in [5, 5.41) is 5.60. The van der Waals surface area contributed by atoms with Crippen molar-refractivity contribution in [1.29, 1.82) is 0 Å². The first-order chi connectivity index (χ1) is 10.9. The van der Waals surface area contributed by atoms with Gasteiger partial charge in [0.05, 0.1) is 0 Å². The lowest BCUT2D eigenvalue weighted by molar-refractivity contribution is -0.138. The number of hydrogen-bond donors (Lipinski definition) is 2. The van der Waals surface area contributed by atoms with Gasteiger partial charge in [-0.15, -0.1) is 0 Å². The summed E-state index contributed by atoms with van der Waals surface area (Å²) in [5.74, 6) is -0.664. The van der Waals surface area contributed by atoms with Gasteiger partial charge in [0.2, 0.25) is 11.8 Å². The Morgan fingerprint density at radius 3 is 2.48 bits per heavy atom. The SMILES string of the molecule is Cc1ccccc1NC(=O)C(C)(C)C(=O)NCc1cccnc1. The van der Waals surface area contributed by atoms with Gasteiger partial charge in [-0.2, -0.15) is 0 Å². The first-order valence-corrected chi connectivity index (χ1v) is 7.45.